The van der Waals surface area contributed by atoms with Gasteiger partial charge >= 0.3 is 11.9 Å². The van der Waals surface area contributed by atoms with E-state index in [0.717, 1.165) is 0 Å². The number of hydrogen-bond donors (Lipinski definition) is 3. The standard InChI is InChI=1S/C10H17N3O4/c11-3-4-12-8(14)7-2-1-5-13(6-7)9(15)10(16)17/h7H,1-6,11H2,(H,12,14)(H,16,17)/t7-/m1/s1. The van der Waals surface area contributed by atoms with Gasteiger partial charge in [-0.3, -0.25) is 9.59 Å². The first kappa shape index (κ1) is 13.4. The monoisotopic (exact) mass is 243 g/mol. The quantitative estimate of drug-likeness (QED) is 0.516. The third-order valence-electron chi connectivity index (χ3n) is 2.71. The zero-order chi connectivity index (χ0) is 12.8. The number of likely N-dealkylation sites (tertiary alicyclic amines) is 1. The van der Waals surface area contributed by atoms with E-state index in [0.29, 0.717) is 32.5 Å². The molecular formula is C10H17N3O4. The van der Waals surface area contributed by atoms with E-state index < -0.39 is 11.9 Å². The van der Waals surface area contributed by atoms with Crippen LogP contribution < -0.4 is 11.1 Å². The maximum Gasteiger partial charge on any atom is 0.394 e. The Morgan fingerprint density at radius 2 is 2.12 bits per heavy atom. The Labute approximate surface area is 98.9 Å². The van der Waals surface area contributed by atoms with Crippen molar-refractivity contribution in [1.82, 2.24) is 10.2 Å². The molecule has 1 heterocycles. The van der Waals surface area contributed by atoms with Crippen LogP contribution >= 0.6 is 0 Å². The summed E-state index contributed by atoms with van der Waals surface area (Å²) in [5.41, 5.74) is 5.26. The van der Waals surface area contributed by atoms with Crippen LogP contribution in [0.2, 0.25) is 0 Å². The molecule has 0 bridgehead atoms. The molecular weight excluding hydrogens is 226 g/mol. The van der Waals surface area contributed by atoms with E-state index in [1.807, 2.05) is 0 Å². The van der Waals surface area contributed by atoms with Gasteiger partial charge in [-0.25, -0.2) is 4.79 Å². The zero-order valence-electron chi connectivity index (χ0n) is 9.52. The molecule has 4 N–H and O–H groups in total. The summed E-state index contributed by atoms with van der Waals surface area (Å²) in [4.78, 5) is 34.6. The van der Waals surface area contributed by atoms with Crippen LogP contribution in [0.4, 0.5) is 0 Å². The Kier molecular flexibility index (Phi) is 4.89. The van der Waals surface area contributed by atoms with Crippen LogP contribution in [-0.2, 0) is 14.4 Å². The first-order chi connectivity index (χ1) is 8.06. The molecule has 0 saturated carbocycles. The van der Waals surface area contributed by atoms with Crippen LogP contribution in [-0.4, -0.2) is 54.0 Å². The van der Waals surface area contributed by atoms with E-state index in [9.17, 15) is 14.4 Å². The number of piperidine rings is 1. The molecule has 2 amide bonds. The number of aliphatic carboxylic acids is 1. The van der Waals surface area contributed by atoms with Crippen LogP contribution in [0.5, 0.6) is 0 Å². The predicted molar refractivity (Wildman–Crippen MR) is 59.0 cm³/mol. The average molecular weight is 243 g/mol. The molecule has 7 nitrogen and oxygen atoms in total. The van der Waals surface area contributed by atoms with Gasteiger partial charge in [-0.05, 0) is 12.8 Å². The van der Waals surface area contributed by atoms with Crippen LogP contribution in [0.25, 0.3) is 0 Å². The summed E-state index contributed by atoms with van der Waals surface area (Å²) in [5, 5.41) is 11.2. The molecule has 0 unspecified atom stereocenters. The maximum atomic E-state index is 11.6. The van der Waals surface area contributed by atoms with Gasteiger partial charge in [0.25, 0.3) is 0 Å². The minimum Gasteiger partial charge on any atom is -0.474 e. The summed E-state index contributed by atoms with van der Waals surface area (Å²) in [6.07, 6.45) is 1.31. The second-order valence-corrected chi connectivity index (χ2v) is 3.98. The molecule has 0 aliphatic carbocycles. The molecule has 1 aliphatic rings. The van der Waals surface area contributed by atoms with Crippen LogP contribution in [0, 0.1) is 5.92 Å². The normalized spacial score (nSPS) is 19.8. The Morgan fingerprint density at radius 1 is 1.41 bits per heavy atom. The maximum absolute atomic E-state index is 11.6. The summed E-state index contributed by atoms with van der Waals surface area (Å²) >= 11 is 0. The van der Waals surface area contributed by atoms with Crippen LogP contribution in [0.1, 0.15) is 12.8 Å². The van der Waals surface area contributed by atoms with E-state index in [1.165, 1.54) is 4.90 Å². The van der Waals surface area contributed by atoms with Gasteiger partial charge in [0.1, 0.15) is 0 Å². The van der Waals surface area contributed by atoms with Crippen LogP contribution in [0.15, 0.2) is 0 Å². The Balaban J connectivity index is 2.51. The Morgan fingerprint density at radius 3 is 2.71 bits per heavy atom. The summed E-state index contributed by atoms with van der Waals surface area (Å²) in [5.74, 6) is -2.92. The molecule has 0 aromatic heterocycles. The molecule has 0 aromatic carbocycles. The van der Waals surface area contributed by atoms with Crippen molar-refractivity contribution in [1.29, 1.82) is 0 Å². The SMILES string of the molecule is NCCNC(=O)[C@@H]1CCCN(C(=O)C(=O)O)C1. The third kappa shape index (κ3) is 3.70. The zero-order valence-corrected chi connectivity index (χ0v) is 9.52. The van der Waals surface area contributed by atoms with Crippen molar-refractivity contribution >= 4 is 17.8 Å². The lowest BCUT2D eigenvalue weighted by Crippen LogP contribution is -2.48. The Hall–Kier alpha value is -1.63. The number of nitrogens with zero attached hydrogens (tertiary/aromatic N) is 1. The minimum absolute atomic E-state index is 0.168. The smallest absolute Gasteiger partial charge is 0.394 e. The molecule has 1 saturated heterocycles. The number of amides is 2. The van der Waals surface area contributed by atoms with E-state index in [2.05, 4.69) is 5.32 Å². The van der Waals surface area contributed by atoms with Crippen molar-refractivity contribution in [3.8, 4) is 0 Å². The lowest BCUT2D eigenvalue weighted by atomic mass is 9.97. The molecule has 1 atom stereocenters. The first-order valence-corrected chi connectivity index (χ1v) is 5.56. The number of nitrogens with one attached hydrogen (secondary N) is 1. The molecule has 1 fully saturated rings. The second kappa shape index (κ2) is 6.19. The van der Waals surface area contributed by atoms with Crippen molar-refractivity contribution in [2.24, 2.45) is 11.7 Å². The second-order valence-electron chi connectivity index (χ2n) is 3.98. The Bertz CT molecular complexity index is 319. The fourth-order valence-corrected chi connectivity index (χ4v) is 1.85. The fourth-order valence-electron chi connectivity index (χ4n) is 1.85. The van der Waals surface area contributed by atoms with Crippen molar-refractivity contribution in [3.05, 3.63) is 0 Å². The van der Waals surface area contributed by atoms with Gasteiger partial charge in [-0.1, -0.05) is 0 Å². The molecule has 96 valence electrons. The number of rotatable bonds is 3. The number of carbonyl (C=O) groups excluding carboxylic acids is 2. The molecule has 0 aromatic rings. The molecule has 1 rings (SSSR count). The van der Waals surface area contributed by atoms with E-state index in [-0.39, 0.29) is 18.4 Å². The number of carboxylic acid groups (broad SMARTS) is 1. The van der Waals surface area contributed by atoms with Crippen LogP contribution in [0.3, 0.4) is 0 Å². The van der Waals surface area contributed by atoms with Gasteiger partial charge in [-0.15, -0.1) is 0 Å². The summed E-state index contributed by atoms with van der Waals surface area (Å²) in [6, 6.07) is 0. The molecule has 7 heteroatoms. The van der Waals surface area contributed by atoms with Gasteiger partial charge < -0.3 is 21.1 Å². The van der Waals surface area contributed by atoms with E-state index in [1.54, 1.807) is 0 Å². The number of hydrogen-bond acceptors (Lipinski definition) is 4. The summed E-state index contributed by atoms with van der Waals surface area (Å²) < 4.78 is 0. The number of carboxylic acids is 1. The van der Waals surface area contributed by atoms with Crippen molar-refractivity contribution in [2.45, 2.75) is 12.8 Å². The highest BCUT2D eigenvalue weighted by molar-refractivity contribution is 6.31. The largest absolute Gasteiger partial charge is 0.474 e. The number of carbonyl (C=O) groups is 3. The lowest BCUT2D eigenvalue weighted by molar-refractivity contribution is -0.157. The number of nitrogens with two attached hydrogens (primary N) is 1. The molecule has 17 heavy (non-hydrogen) atoms. The van der Waals surface area contributed by atoms with E-state index >= 15 is 0 Å². The summed E-state index contributed by atoms with van der Waals surface area (Å²) in [7, 11) is 0. The fraction of sp³-hybridized carbons (Fsp3) is 0.700. The highest BCUT2D eigenvalue weighted by Gasteiger charge is 2.30. The van der Waals surface area contributed by atoms with Gasteiger partial charge in [0.2, 0.25) is 5.91 Å². The summed E-state index contributed by atoms with van der Waals surface area (Å²) in [6.45, 7) is 1.31. The van der Waals surface area contributed by atoms with Crippen molar-refractivity contribution in [2.75, 3.05) is 26.2 Å². The van der Waals surface area contributed by atoms with Gasteiger partial charge in [0, 0.05) is 26.2 Å². The topological polar surface area (TPSA) is 113 Å². The first-order valence-electron chi connectivity index (χ1n) is 5.56. The van der Waals surface area contributed by atoms with Gasteiger partial charge in [0.05, 0.1) is 5.92 Å². The van der Waals surface area contributed by atoms with Crippen molar-refractivity contribution in [3.63, 3.8) is 0 Å². The third-order valence-corrected chi connectivity index (χ3v) is 2.71. The molecule has 0 spiro atoms. The predicted octanol–water partition coefficient (Wildman–Crippen LogP) is -1.62. The highest BCUT2D eigenvalue weighted by atomic mass is 16.4. The molecule has 0 radical (unpaired) electrons. The highest BCUT2D eigenvalue weighted by Crippen LogP contribution is 2.16. The average Bonchev–Trinajstić information content (AvgIpc) is 2.35. The lowest BCUT2D eigenvalue weighted by Gasteiger charge is -2.30. The van der Waals surface area contributed by atoms with E-state index in [4.69, 9.17) is 10.8 Å². The minimum atomic E-state index is -1.48. The van der Waals surface area contributed by atoms with Crippen molar-refractivity contribution < 1.29 is 19.5 Å². The van der Waals surface area contributed by atoms with Gasteiger partial charge in [-0.2, -0.15) is 0 Å². The van der Waals surface area contributed by atoms with Gasteiger partial charge in [0.15, 0.2) is 0 Å². The molecule has 1 aliphatic heterocycles.